The van der Waals surface area contributed by atoms with Gasteiger partial charge in [-0.2, -0.15) is 0 Å². The number of halogens is 1. The average Bonchev–Trinajstić information content (AvgIpc) is 2.91. The smallest absolute Gasteiger partial charge is 0.341 e. The standard InChI is InChI=1S/C27H31ClN6O7S/c1-3-40-22-11-17(27(2,31)42(32,38)39)10-16(24(22)41-14-23(35)36)13-33-21-9-6-18(28)12-20(21)26(37)34-19-7-4-15(5-8-19)25(29)30/h4-12,33H,3,13-14,31H2,1-2H3,(H3,29,30)(H,34,37)(H,35,36)(H2,32,38,39). The second kappa shape index (κ2) is 13.1. The summed E-state index contributed by atoms with van der Waals surface area (Å²) in [4.78, 5) is 22.5. The molecule has 0 aliphatic heterocycles. The highest BCUT2D eigenvalue weighted by atomic mass is 35.5. The number of primary sulfonamides is 1. The first kappa shape index (κ1) is 32.1. The molecule has 0 heterocycles. The topological polar surface area (TPSA) is 233 Å². The lowest BCUT2D eigenvalue weighted by Crippen LogP contribution is -2.46. The number of carbonyl (C=O) groups is 2. The van der Waals surface area contributed by atoms with E-state index in [1.165, 1.54) is 25.1 Å². The number of ether oxygens (including phenoxy) is 2. The van der Waals surface area contributed by atoms with Gasteiger partial charge in [-0.05, 0) is 74.0 Å². The number of amidine groups is 1. The highest BCUT2D eigenvalue weighted by molar-refractivity contribution is 7.90. The lowest BCUT2D eigenvalue weighted by atomic mass is 10.0. The number of hydrogen-bond acceptors (Lipinski definition) is 9. The summed E-state index contributed by atoms with van der Waals surface area (Å²) in [6.07, 6.45) is 0. The van der Waals surface area contributed by atoms with E-state index in [4.69, 9.17) is 43.1 Å². The number of hydrogen-bond donors (Lipinski definition) is 7. The third kappa shape index (κ3) is 7.67. The number of amides is 1. The summed E-state index contributed by atoms with van der Waals surface area (Å²) in [7, 11) is -4.29. The molecule has 3 aromatic rings. The zero-order chi connectivity index (χ0) is 31.2. The average molecular weight is 619 g/mol. The van der Waals surface area contributed by atoms with Gasteiger partial charge in [0.15, 0.2) is 23.0 Å². The van der Waals surface area contributed by atoms with E-state index in [1.807, 2.05) is 0 Å². The summed E-state index contributed by atoms with van der Waals surface area (Å²) in [5, 5.41) is 28.2. The Kier molecular flexibility index (Phi) is 10.0. The van der Waals surface area contributed by atoms with Gasteiger partial charge in [-0.25, -0.2) is 18.4 Å². The largest absolute Gasteiger partial charge is 0.490 e. The highest BCUT2D eigenvalue weighted by Crippen LogP contribution is 2.38. The number of nitrogens with one attached hydrogen (secondary N) is 3. The molecule has 42 heavy (non-hydrogen) atoms. The summed E-state index contributed by atoms with van der Waals surface area (Å²) in [6, 6.07) is 13.7. The predicted molar refractivity (Wildman–Crippen MR) is 160 cm³/mol. The summed E-state index contributed by atoms with van der Waals surface area (Å²) < 4.78 is 35.7. The lowest BCUT2D eigenvalue weighted by molar-refractivity contribution is -0.139. The molecule has 0 aromatic heterocycles. The van der Waals surface area contributed by atoms with Crippen molar-refractivity contribution >= 4 is 50.7 Å². The number of aliphatic carboxylic acids is 1. The molecule has 0 saturated heterocycles. The van der Waals surface area contributed by atoms with Crippen molar-refractivity contribution in [1.82, 2.24) is 0 Å². The maximum atomic E-state index is 13.2. The number of benzene rings is 3. The number of carboxylic acid groups (broad SMARTS) is 1. The fourth-order valence-corrected chi connectivity index (χ4v) is 4.40. The molecule has 3 aromatic carbocycles. The number of anilines is 2. The Balaban J connectivity index is 2.01. The highest BCUT2D eigenvalue weighted by Gasteiger charge is 2.36. The third-order valence-corrected chi connectivity index (χ3v) is 7.74. The quantitative estimate of drug-likeness (QED) is 0.109. The van der Waals surface area contributed by atoms with Crippen molar-refractivity contribution in [2.75, 3.05) is 23.8 Å². The van der Waals surface area contributed by atoms with Gasteiger partial charge in [-0.1, -0.05) is 11.6 Å². The maximum Gasteiger partial charge on any atom is 0.341 e. The zero-order valence-electron chi connectivity index (χ0n) is 22.7. The Morgan fingerprint density at radius 2 is 1.76 bits per heavy atom. The van der Waals surface area contributed by atoms with Gasteiger partial charge in [0.1, 0.15) is 5.84 Å². The van der Waals surface area contributed by atoms with Gasteiger partial charge in [0.25, 0.3) is 5.91 Å². The molecule has 224 valence electrons. The van der Waals surface area contributed by atoms with Gasteiger partial charge >= 0.3 is 5.97 Å². The number of carbonyl (C=O) groups excluding carboxylic acids is 1. The monoisotopic (exact) mass is 618 g/mol. The Morgan fingerprint density at radius 3 is 2.33 bits per heavy atom. The van der Waals surface area contributed by atoms with Crippen LogP contribution >= 0.6 is 11.6 Å². The van der Waals surface area contributed by atoms with Crippen LogP contribution in [0.25, 0.3) is 0 Å². The van der Waals surface area contributed by atoms with Crippen molar-refractivity contribution in [3.05, 3.63) is 81.9 Å². The summed E-state index contributed by atoms with van der Waals surface area (Å²) in [6.45, 7) is 2.24. The number of nitrogens with two attached hydrogens (primary N) is 3. The minimum Gasteiger partial charge on any atom is -0.490 e. The van der Waals surface area contributed by atoms with Crippen LogP contribution in [0.1, 0.15) is 40.9 Å². The van der Waals surface area contributed by atoms with E-state index in [9.17, 15) is 23.1 Å². The van der Waals surface area contributed by atoms with Crippen molar-refractivity contribution in [1.29, 1.82) is 5.41 Å². The minimum absolute atomic E-state index is 0.0336. The summed E-state index contributed by atoms with van der Waals surface area (Å²) in [5.41, 5.74) is 13.4. The van der Waals surface area contributed by atoms with Gasteiger partial charge in [-0.3, -0.25) is 10.2 Å². The van der Waals surface area contributed by atoms with E-state index in [-0.39, 0.29) is 52.2 Å². The molecule has 3 rings (SSSR count). The van der Waals surface area contributed by atoms with Crippen LogP contribution in [0.5, 0.6) is 11.5 Å². The van der Waals surface area contributed by atoms with E-state index in [2.05, 4.69) is 10.6 Å². The molecule has 10 N–H and O–H groups in total. The van der Waals surface area contributed by atoms with Crippen LogP contribution in [0, 0.1) is 5.41 Å². The molecule has 0 saturated carbocycles. The Bertz CT molecular complexity index is 1610. The van der Waals surface area contributed by atoms with Crippen molar-refractivity contribution < 1.29 is 32.6 Å². The first-order chi connectivity index (χ1) is 19.6. The first-order valence-corrected chi connectivity index (χ1v) is 14.3. The number of nitrogen functional groups attached to an aromatic ring is 1. The fourth-order valence-electron chi connectivity index (χ4n) is 3.78. The second-order valence-electron chi connectivity index (χ2n) is 9.22. The van der Waals surface area contributed by atoms with E-state index in [0.717, 1.165) is 0 Å². The fraction of sp³-hybridized carbons (Fsp3) is 0.222. The zero-order valence-corrected chi connectivity index (χ0v) is 24.3. The normalized spacial score (nSPS) is 12.6. The van der Waals surface area contributed by atoms with Gasteiger partial charge in [-0.15, -0.1) is 0 Å². The molecule has 0 bridgehead atoms. The lowest BCUT2D eigenvalue weighted by Gasteiger charge is -2.26. The van der Waals surface area contributed by atoms with Crippen molar-refractivity contribution in [3.8, 4) is 11.5 Å². The Morgan fingerprint density at radius 1 is 1.10 bits per heavy atom. The molecule has 0 aliphatic rings. The summed E-state index contributed by atoms with van der Waals surface area (Å²) in [5.74, 6) is -1.79. The maximum absolute atomic E-state index is 13.2. The SMILES string of the molecule is CCOc1cc(C(C)(N)S(N)(=O)=O)cc(CNc2ccc(Cl)cc2C(=O)Nc2ccc(C(=N)N)cc2)c1OCC(=O)O. The van der Waals surface area contributed by atoms with Crippen LogP contribution in [0.4, 0.5) is 11.4 Å². The van der Waals surface area contributed by atoms with E-state index in [1.54, 1.807) is 43.3 Å². The van der Waals surface area contributed by atoms with Crippen LogP contribution in [0.3, 0.4) is 0 Å². The molecular weight excluding hydrogens is 588 g/mol. The Hall–Kier alpha value is -4.37. The van der Waals surface area contributed by atoms with Gasteiger partial charge in [0, 0.05) is 34.1 Å². The second-order valence-corrected chi connectivity index (χ2v) is 11.6. The van der Waals surface area contributed by atoms with Gasteiger partial charge in [0.2, 0.25) is 10.0 Å². The van der Waals surface area contributed by atoms with Crippen LogP contribution < -0.4 is 36.7 Å². The molecule has 0 radical (unpaired) electrons. The van der Waals surface area contributed by atoms with E-state index in [0.29, 0.717) is 16.9 Å². The van der Waals surface area contributed by atoms with E-state index >= 15 is 0 Å². The number of rotatable bonds is 13. The number of sulfonamides is 1. The molecule has 0 fully saturated rings. The molecule has 1 amide bonds. The minimum atomic E-state index is -4.29. The number of carboxylic acids is 1. The van der Waals surface area contributed by atoms with Gasteiger partial charge < -0.3 is 36.7 Å². The summed E-state index contributed by atoms with van der Waals surface area (Å²) >= 11 is 6.18. The molecule has 1 atom stereocenters. The van der Waals surface area contributed by atoms with Crippen molar-refractivity contribution in [2.45, 2.75) is 25.3 Å². The molecule has 1 unspecified atom stereocenters. The first-order valence-electron chi connectivity index (χ1n) is 12.4. The van der Waals surface area contributed by atoms with E-state index < -0.39 is 33.4 Å². The van der Waals surface area contributed by atoms with Crippen molar-refractivity contribution in [3.63, 3.8) is 0 Å². The van der Waals surface area contributed by atoms with Crippen LogP contribution in [0.15, 0.2) is 54.6 Å². The molecular formula is C27H31ClN6O7S. The van der Waals surface area contributed by atoms with Crippen LogP contribution in [-0.2, 0) is 26.2 Å². The predicted octanol–water partition coefficient (Wildman–Crippen LogP) is 2.77. The van der Waals surface area contributed by atoms with Crippen molar-refractivity contribution in [2.24, 2.45) is 16.6 Å². The van der Waals surface area contributed by atoms with Gasteiger partial charge in [0.05, 0.1) is 12.2 Å². The molecule has 0 spiro atoms. The Labute approximate surface area is 247 Å². The molecule has 13 nitrogen and oxygen atoms in total. The molecule has 0 aliphatic carbocycles. The third-order valence-electron chi connectivity index (χ3n) is 6.09. The van der Waals surface area contributed by atoms with Crippen LogP contribution in [0.2, 0.25) is 5.02 Å². The van der Waals surface area contributed by atoms with Crippen LogP contribution in [-0.4, -0.2) is 44.5 Å². The molecule has 15 heteroatoms.